The predicted molar refractivity (Wildman–Crippen MR) is 43.6 cm³/mol. The normalized spacial score (nSPS) is 11.3. The quantitative estimate of drug-likeness (QED) is 0.712. The maximum absolute atomic E-state index is 12.2. The number of carbonyl (C=O) groups is 1. The summed E-state index contributed by atoms with van der Waals surface area (Å²) in [6.07, 6.45) is -3.85. The van der Waals surface area contributed by atoms with Crippen LogP contribution < -0.4 is 4.74 Å². The Kier molecular flexibility index (Phi) is 2.92. The summed E-state index contributed by atoms with van der Waals surface area (Å²) in [5.41, 5.74) is -0.0782. The SMILES string of the molecule is COc1nc(C(F)(F)F)ncc1C(C)=O. The van der Waals surface area contributed by atoms with Crippen LogP contribution in [0.25, 0.3) is 0 Å². The first-order valence-electron chi connectivity index (χ1n) is 3.85. The molecule has 0 saturated heterocycles. The van der Waals surface area contributed by atoms with Crippen LogP contribution in [0, 0.1) is 0 Å². The molecular weight excluding hydrogens is 213 g/mol. The van der Waals surface area contributed by atoms with Crippen molar-refractivity contribution in [3.05, 3.63) is 17.6 Å². The van der Waals surface area contributed by atoms with E-state index in [-0.39, 0.29) is 11.4 Å². The van der Waals surface area contributed by atoms with Gasteiger partial charge in [0.2, 0.25) is 11.7 Å². The molecule has 0 bridgehead atoms. The lowest BCUT2D eigenvalue weighted by molar-refractivity contribution is -0.145. The number of Topliss-reactive ketones (excluding diaryl/α,β-unsaturated/α-hetero) is 1. The van der Waals surface area contributed by atoms with E-state index in [1.54, 1.807) is 0 Å². The smallest absolute Gasteiger partial charge is 0.451 e. The van der Waals surface area contributed by atoms with E-state index < -0.39 is 17.8 Å². The molecule has 0 amide bonds. The monoisotopic (exact) mass is 220 g/mol. The third-order valence-corrected chi connectivity index (χ3v) is 1.58. The molecule has 0 aliphatic carbocycles. The van der Waals surface area contributed by atoms with E-state index in [4.69, 9.17) is 0 Å². The number of halogens is 3. The summed E-state index contributed by atoms with van der Waals surface area (Å²) in [7, 11) is 1.13. The highest BCUT2D eigenvalue weighted by Gasteiger charge is 2.35. The lowest BCUT2D eigenvalue weighted by Crippen LogP contribution is -2.13. The Morgan fingerprint density at radius 1 is 1.47 bits per heavy atom. The molecule has 1 rings (SSSR count). The molecule has 1 aromatic heterocycles. The van der Waals surface area contributed by atoms with E-state index in [1.165, 1.54) is 6.92 Å². The fourth-order valence-electron chi connectivity index (χ4n) is 0.900. The highest BCUT2D eigenvalue weighted by atomic mass is 19.4. The summed E-state index contributed by atoms with van der Waals surface area (Å²) in [4.78, 5) is 17.1. The van der Waals surface area contributed by atoms with Gasteiger partial charge >= 0.3 is 6.18 Å². The van der Waals surface area contributed by atoms with Gasteiger partial charge in [-0.3, -0.25) is 4.79 Å². The molecule has 0 aliphatic rings. The topological polar surface area (TPSA) is 52.1 Å². The minimum Gasteiger partial charge on any atom is -0.480 e. The van der Waals surface area contributed by atoms with E-state index >= 15 is 0 Å². The van der Waals surface area contributed by atoms with Gasteiger partial charge in [0.1, 0.15) is 0 Å². The molecule has 1 heterocycles. The van der Waals surface area contributed by atoms with Gasteiger partial charge in [-0.15, -0.1) is 0 Å². The van der Waals surface area contributed by atoms with Crippen LogP contribution in [0.15, 0.2) is 6.20 Å². The van der Waals surface area contributed by atoms with E-state index in [1.807, 2.05) is 0 Å². The summed E-state index contributed by atoms with van der Waals surface area (Å²) in [6, 6.07) is 0. The number of hydrogen-bond donors (Lipinski definition) is 0. The van der Waals surface area contributed by atoms with Crippen molar-refractivity contribution in [2.24, 2.45) is 0 Å². The summed E-state index contributed by atoms with van der Waals surface area (Å²) in [5, 5.41) is 0. The van der Waals surface area contributed by atoms with Crippen molar-refractivity contribution in [1.82, 2.24) is 9.97 Å². The first-order chi connectivity index (χ1) is 6.86. The number of aromatic nitrogens is 2. The fourth-order valence-corrected chi connectivity index (χ4v) is 0.900. The Morgan fingerprint density at radius 2 is 2.07 bits per heavy atom. The van der Waals surface area contributed by atoms with Gasteiger partial charge in [-0.05, 0) is 6.92 Å². The highest BCUT2D eigenvalue weighted by molar-refractivity contribution is 5.95. The van der Waals surface area contributed by atoms with Crippen molar-refractivity contribution in [3.63, 3.8) is 0 Å². The van der Waals surface area contributed by atoms with Crippen molar-refractivity contribution >= 4 is 5.78 Å². The van der Waals surface area contributed by atoms with Crippen LogP contribution in [0.4, 0.5) is 13.2 Å². The number of methoxy groups -OCH3 is 1. The number of ether oxygens (including phenoxy) is 1. The molecule has 0 aliphatic heterocycles. The zero-order valence-corrected chi connectivity index (χ0v) is 7.92. The van der Waals surface area contributed by atoms with Gasteiger partial charge in [0.05, 0.1) is 12.7 Å². The molecule has 0 N–H and O–H groups in total. The third kappa shape index (κ3) is 2.42. The Balaban J connectivity index is 3.25. The van der Waals surface area contributed by atoms with Gasteiger partial charge in [-0.2, -0.15) is 18.2 Å². The second-order valence-corrected chi connectivity index (χ2v) is 2.67. The standard InChI is InChI=1S/C8H7F3N2O2/c1-4(14)5-3-12-7(8(9,10)11)13-6(5)15-2/h3H,1-2H3. The Labute approximate surface area is 83.1 Å². The molecule has 0 fully saturated rings. The van der Waals surface area contributed by atoms with Crippen LogP contribution in [-0.2, 0) is 6.18 Å². The number of carbonyl (C=O) groups excluding carboxylic acids is 1. The molecule has 0 aromatic carbocycles. The summed E-state index contributed by atoms with van der Waals surface area (Å²) in [5.74, 6) is -2.16. The molecule has 0 saturated carbocycles. The molecule has 82 valence electrons. The first-order valence-corrected chi connectivity index (χ1v) is 3.85. The van der Waals surface area contributed by atoms with Crippen LogP contribution in [-0.4, -0.2) is 22.9 Å². The van der Waals surface area contributed by atoms with Crippen LogP contribution in [0.2, 0.25) is 0 Å². The zero-order valence-electron chi connectivity index (χ0n) is 7.92. The van der Waals surface area contributed by atoms with Crippen LogP contribution in [0.3, 0.4) is 0 Å². The Bertz CT molecular complexity index is 390. The maximum Gasteiger partial charge on any atom is 0.451 e. The lowest BCUT2D eigenvalue weighted by atomic mass is 10.2. The number of hydrogen-bond acceptors (Lipinski definition) is 4. The number of rotatable bonds is 2. The number of nitrogens with zero attached hydrogens (tertiary/aromatic N) is 2. The average molecular weight is 220 g/mol. The molecule has 15 heavy (non-hydrogen) atoms. The van der Waals surface area contributed by atoms with Gasteiger partial charge in [0.25, 0.3) is 0 Å². The largest absolute Gasteiger partial charge is 0.480 e. The van der Waals surface area contributed by atoms with Crippen molar-refractivity contribution in [2.45, 2.75) is 13.1 Å². The third-order valence-electron chi connectivity index (χ3n) is 1.58. The number of alkyl halides is 3. The fraction of sp³-hybridized carbons (Fsp3) is 0.375. The predicted octanol–water partition coefficient (Wildman–Crippen LogP) is 1.71. The van der Waals surface area contributed by atoms with Crippen molar-refractivity contribution in [1.29, 1.82) is 0 Å². The minimum absolute atomic E-state index is 0.0782. The molecule has 0 atom stereocenters. The van der Waals surface area contributed by atoms with Gasteiger partial charge in [-0.1, -0.05) is 0 Å². The molecule has 7 heteroatoms. The van der Waals surface area contributed by atoms with Gasteiger partial charge in [0.15, 0.2) is 5.78 Å². The Morgan fingerprint density at radius 3 is 2.47 bits per heavy atom. The van der Waals surface area contributed by atoms with E-state index in [9.17, 15) is 18.0 Å². The maximum atomic E-state index is 12.2. The summed E-state index contributed by atoms with van der Waals surface area (Å²) in [6.45, 7) is 1.19. The molecular formula is C8H7F3N2O2. The second kappa shape index (κ2) is 3.84. The lowest BCUT2D eigenvalue weighted by Gasteiger charge is -2.08. The second-order valence-electron chi connectivity index (χ2n) is 2.67. The van der Waals surface area contributed by atoms with Gasteiger partial charge in [0, 0.05) is 6.20 Å². The Hall–Kier alpha value is -1.66. The molecule has 0 spiro atoms. The van der Waals surface area contributed by atoms with Crippen LogP contribution >= 0.6 is 0 Å². The zero-order chi connectivity index (χ0) is 11.6. The van der Waals surface area contributed by atoms with Crippen molar-refractivity contribution in [3.8, 4) is 5.88 Å². The average Bonchev–Trinajstić information content (AvgIpc) is 2.15. The van der Waals surface area contributed by atoms with E-state index in [0.29, 0.717) is 0 Å². The highest BCUT2D eigenvalue weighted by Crippen LogP contribution is 2.28. The van der Waals surface area contributed by atoms with E-state index in [2.05, 4.69) is 14.7 Å². The van der Waals surface area contributed by atoms with Crippen molar-refractivity contribution < 1.29 is 22.7 Å². The number of ketones is 1. The summed E-state index contributed by atoms with van der Waals surface area (Å²) >= 11 is 0. The van der Waals surface area contributed by atoms with Crippen LogP contribution in [0.1, 0.15) is 23.1 Å². The summed E-state index contributed by atoms with van der Waals surface area (Å²) < 4.78 is 41.1. The van der Waals surface area contributed by atoms with Gasteiger partial charge in [-0.25, -0.2) is 4.98 Å². The van der Waals surface area contributed by atoms with Gasteiger partial charge < -0.3 is 4.74 Å². The first kappa shape index (κ1) is 11.4. The molecule has 0 radical (unpaired) electrons. The van der Waals surface area contributed by atoms with Crippen LogP contribution in [0.5, 0.6) is 5.88 Å². The molecule has 4 nitrogen and oxygen atoms in total. The van der Waals surface area contributed by atoms with Crippen molar-refractivity contribution in [2.75, 3.05) is 7.11 Å². The molecule has 0 unspecified atom stereocenters. The minimum atomic E-state index is -4.65. The molecule has 1 aromatic rings. The van der Waals surface area contributed by atoms with E-state index in [0.717, 1.165) is 13.3 Å².